The average molecular weight is 198 g/mol. The zero-order chi connectivity index (χ0) is 10.4. The van der Waals surface area contributed by atoms with Gasteiger partial charge in [-0.3, -0.25) is 0 Å². The van der Waals surface area contributed by atoms with E-state index in [0.29, 0.717) is 23.5 Å². The maximum absolute atomic E-state index is 8.83. The van der Waals surface area contributed by atoms with Crippen LogP contribution in [0.3, 0.4) is 0 Å². The van der Waals surface area contributed by atoms with E-state index >= 15 is 0 Å². The molecule has 14 heavy (non-hydrogen) atoms. The Morgan fingerprint density at radius 1 is 1.36 bits per heavy atom. The second-order valence-electron chi connectivity index (χ2n) is 5.89. The normalized spacial score (nSPS) is 44.6. The Hall–Kier alpha value is -0.0800. The van der Waals surface area contributed by atoms with Crippen molar-refractivity contribution in [3.05, 3.63) is 0 Å². The molecule has 0 spiro atoms. The lowest BCUT2D eigenvalue weighted by molar-refractivity contribution is -0.0957. The van der Waals surface area contributed by atoms with E-state index in [-0.39, 0.29) is 6.61 Å². The Morgan fingerprint density at radius 3 is 2.57 bits per heavy atom. The van der Waals surface area contributed by atoms with E-state index in [9.17, 15) is 0 Å². The molecule has 3 atom stereocenters. The van der Waals surface area contributed by atoms with E-state index in [1.165, 1.54) is 19.3 Å². The minimum atomic E-state index is 0.146. The van der Waals surface area contributed by atoms with Crippen LogP contribution in [0.4, 0.5) is 0 Å². The summed E-state index contributed by atoms with van der Waals surface area (Å²) >= 11 is 0. The second-order valence-corrected chi connectivity index (χ2v) is 5.89. The van der Waals surface area contributed by atoms with Gasteiger partial charge in [-0.1, -0.05) is 20.8 Å². The maximum Gasteiger partial charge on any atom is 0.0702 e. The highest BCUT2D eigenvalue weighted by molar-refractivity contribution is 5.09. The van der Waals surface area contributed by atoms with Gasteiger partial charge in [0.05, 0.1) is 19.3 Å². The van der Waals surface area contributed by atoms with Crippen LogP contribution in [-0.4, -0.2) is 24.4 Å². The highest BCUT2D eigenvalue weighted by atomic mass is 16.5. The molecule has 0 radical (unpaired) electrons. The molecule has 2 aliphatic rings. The van der Waals surface area contributed by atoms with Crippen molar-refractivity contribution < 1.29 is 9.84 Å². The molecule has 1 N–H and O–H groups in total. The number of aliphatic hydroxyl groups is 1. The van der Waals surface area contributed by atoms with Crippen molar-refractivity contribution in [2.45, 2.75) is 46.1 Å². The Kier molecular flexibility index (Phi) is 2.39. The zero-order valence-electron chi connectivity index (χ0n) is 9.55. The molecule has 0 aromatic carbocycles. The largest absolute Gasteiger partial charge is 0.394 e. The van der Waals surface area contributed by atoms with Crippen molar-refractivity contribution in [3.63, 3.8) is 0 Å². The number of ether oxygens (including phenoxy) is 1. The van der Waals surface area contributed by atoms with Crippen molar-refractivity contribution >= 4 is 0 Å². The van der Waals surface area contributed by atoms with Crippen LogP contribution < -0.4 is 0 Å². The van der Waals surface area contributed by atoms with Crippen molar-refractivity contribution in [3.8, 4) is 0 Å². The summed E-state index contributed by atoms with van der Waals surface area (Å²) in [4.78, 5) is 0. The molecule has 0 aliphatic heterocycles. The molecule has 2 nitrogen and oxygen atoms in total. The minimum Gasteiger partial charge on any atom is -0.394 e. The molecule has 0 heterocycles. The first-order valence-electron chi connectivity index (χ1n) is 5.73. The lowest BCUT2D eigenvalue weighted by Crippen LogP contribution is -2.42. The molecular weight excluding hydrogens is 176 g/mol. The molecule has 2 heteroatoms. The fraction of sp³-hybridized carbons (Fsp3) is 1.00. The molecule has 2 aliphatic carbocycles. The van der Waals surface area contributed by atoms with Crippen LogP contribution in [-0.2, 0) is 4.74 Å². The standard InChI is InChI=1S/C12H22O2/c1-11(2)9-4-5-12(3,8-9)10(11)14-7-6-13/h9-10,13H,4-8H2,1-3H3/t9-,10+,12+/m1/s1. The van der Waals surface area contributed by atoms with Crippen molar-refractivity contribution in [2.75, 3.05) is 13.2 Å². The van der Waals surface area contributed by atoms with Gasteiger partial charge in [-0.05, 0) is 36.0 Å². The summed E-state index contributed by atoms with van der Waals surface area (Å²) in [5.41, 5.74) is 0.686. The third kappa shape index (κ3) is 1.31. The van der Waals surface area contributed by atoms with E-state index in [4.69, 9.17) is 9.84 Å². The topological polar surface area (TPSA) is 29.5 Å². The van der Waals surface area contributed by atoms with Crippen molar-refractivity contribution in [2.24, 2.45) is 16.7 Å². The van der Waals surface area contributed by atoms with Crippen LogP contribution >= 0.6 is 0 Å². The van der Waals surface area contributed by atoms with Crippen LogP contribution in [0.25, 0.3) is 0 Å². The summed E-state index contributed by atoms with van der Waals surface area (Å²) in [5.74, 6) is 0.830. The van der Waals surface area contributed by atoms with E-state index in [2.05, 4.69) is 20.8 Å². The molecule has 0 amide bonds. The van der Waals surface area contributed by atoms with Gasteiger partial charge >= 0.3 is 0 Å². The molecule has 2 fully saturated rings. The Bertz CT molecular complexity index is 220. The van der Waals surface area contributed by atoms with Gasteiger partial charge in [0, 0.05) is 0 Å². The Balaban J connectivity index is 2.13. The van der Waals surface area contributed by atoms with Gasteiger partial charge in [-0.25, -0.2) is 0 Å². The highest BCUT2D eigenvalue weighted by Gasteiger charge is 2.59. The minimum absolute atomic E-state index is 0.146. The molecule has 2 saturated carbocycles. The number of rotatable bonds is 3. The van der Waals surface area contributed by atoms with Crippen molar-refractivity contribution in [1.29, 1.82) is 0 Å². The van der Waals surface area contributed by atoms with Crippen LogP contribution in [0.5, 0.6) is 0 Å². The SMILES string of the molecule is CC1(C)[C@@H]2CC[C@@](C)(C2)[C@H]1OCCO. The summed E-state index contributed by atoms with van der Waals surface area (Å²) in [7, 11) is 0. The monoisotopic (exact) mass is 198 g/mol. The summed E-state index contributed by atoms with van der Waals surface area (Å²) < 4.78 is 5.85. The van der Waals surface area contributed by atoms with Gasteiger partial charge in [-0.2, -0.15) is 0 Å². The van der Waals surface area contributed by atoms with Crippen LogP contribution in [0.15, 0.2) is 0 Å². The third-order valence-corrected chi connectivity index (χ3v) is 4.51. The third-order valence-electron chi connectivity index (χ3n) is 4.51. The first-order chi connectivity index (χ1) is 6.50. The first-order valence-corrected chi connectivity index (χ1v) is 5.73. The van der Waals surface area contributed by atoms with E-state index in [1.807, 2.05) is 0 Å². The zero-order valence-corrected chi connectivity index (χ0v) is 9.55. The van der Waals surface area contributed by atoms with E-state index < -0.39 is 0 Å². The van der Waals surface area contributed by atoms with Gasteiger partial charge in [0.25, 0.3) is 0 Å². The molecule has 2 bridgehead atoms. The Labute approximate surface area is 86.6 Å². The molecule has 0 aromatic heterocycles. The fourth-order valence-electron chi connectivity index (χ4n) is 3.84. The number of hydrogen-bond donors (Lipinski definition) is 1. The van der Waals surface area contributed by atoms with Gasteiger partial charge < -0.3 is 9.84 Å². The first kappa shape index (κ1) is 10.4. The predicted octanol–water partition coefficient (Wildman–Crippen LogP) is 2.21. The van der Waals surface area contributed by atoms with Crippen LogP contribution in [0.1, 0.15) is 40.0 Å². The summed E-state index contributed by atoms with van der Waals surface area (Å²) in [6.07, 6.45) is 4.33. The molecule has 0 unspecified atom stereocenters. The van der Waals surface area contributed by atoms with Crippen LogP contribution in [0.2, 0.25) is 0 Å². The van der Waals surface area contributed by atoms with Crippen LogP contribution in [0, 0.1) is 16.7 Å². The number of aliphatic hydroxyl groups excluding tert-OH is 1. The quantitative estimate of drug-likeness (QED) is 0.753. The summed E-state index contributed by atoms with van der Waals surface area (Å²) in [6.45, 7) is 7.64. The van der Waals surface area contributed by atoms with Gasteiger partial charge in [-0.15, -0.1) is 0 Å². The molecule has 82 valence electrons. The smallest absolute Gasteiger partial charge is 0.0702 e. The van der Waals surface area contributed by atoms with Crippen molar-refractivity contribution in [1.82, 2.24) is 0 Å². The van der Waals surface area contributed by atoms with Gasteiger partial charge in [0.1, 0.15) is 0 Å². The number of hydrogen-bond acceptors (Lipinski definition) is 2. The van der Waals surface area contributed by atoms with E-state index in [0.717, 1.165) is 5.92 Å². The Morgan fingerprint density at radius 2 is 2.07 bits per heavy atom. The predicted molar refractivity (Wildman–Crippen MR) is 56.1 cm³/mol. The fourth-order valence-corrected chi connectivity index (χ4v) is 3.84. The molecule has 0 aromatic rings. The summed E-state index contributed by atoms with van der Waals surface area (Å²) in [6, 6.07) is 0. The van der Waals surface area contributed by atoms with Gasteiger partial charge in [0.15, 0.2) is 0 Å². The molecular formula is C12H22O2. The summed E-state index contributed by atoms with van der Waals surface area (Å²) in [5, 5.41) is 8.83. The van der Waals surface area contributed by atoms with Gasteiger partial charge in [0.2, 0.25) is 0 Å². The lowest BCUT2D eigenvalue weighted by atomic mass is 9.70. The highest BCUT2D eigenvalue weighted by Crippen LogP contribution is 2.63. The maximum atomic E-state index is 8.83. The molecule has 0 saturated heterocycles. The van der Waals surface area contributed by atoms with E-state index in [1.54, 1.807) is 0 Å². The molecule has 2 rings (SSSR count). The average Bonchev–Trinajstić information content (AvgIpc) is 2.55. The lowest BCUT2D eigenvalue weighted by Gasteiger charge is -2.42. The second kappa shape index (κ2) is 3.21. The number of fused-ring (bicyclic) bond motifs is 2.